The molecule has 0 aliphatic rings. The number of ether oxygens (including phenoxy) is 1. The number of carbonyl (C=O) groups is 2. The number of aromatic nitrogens is 1. The van der Waals surface area contributed by atoms with Crippen LogP contribution in [0.3, 0.4) is 0 Å². The number of nitrogens with zero attached hydrogens (tertiary/aromatic N) is 1. The second-order valence-electron chi connectivity index (χ2n) is 5.37. The number of rotatable bonds is 5. The molecule has 1 amide bonds. The largest absolute Gasteiger partial charge is 0.465 e. The van der Waals surface area contributed by atoms with Gasteiger partial charge in [0.15, 0.2) is 5.13 Å². The number of anilines is 1. The van der Waals surface area contributed by atoms with E-state index in [1.807, 2.05) is 19.1 Å². The van der Waals surface area contributed by atoms with Crippen LogP contribution in [0.1, 0.15) is 58.0 Å². The number of benzene rings is 1. The zero-order valence-corrected chi connectivity index (χ0v) is 14.5. The highest BCUT2D eigenvalue weighted by molar-refractivity contribution is 7.17. The Morgan fingerprint density at radius 1 is 1.26 bits per heavy atom. The first kappa shape index (κ1) is 17.1. The van der Waals surface area contributed by atoms with Crippen molar-refractivity contribution >= 4 is 28.3 Å². The van der Waals surface area contributed by atoms with E-state index >= 15 is 0 Å². The smallest absolute Gasteiger partial charge is 0.350 e. The Morgan fingerprint density at radius 2 is 1.91 bits per heavy atom. The van der Waals surface area contributed by atoms with Gasteiger partial charge in [-0.2, -0.15) is 0 Å². The summed E-state index contributed by atoms with van der Waals surface area (Å²) in [5, 5.41) is 3.14. The number of carbonyl (C=O) groups excluding carboxylic acids is 2. The van der Waals surface area contributed by atoms with Gasteiger partial charge in [0.1, 0.15) is 4.88 Å². The molecular weight excluding hydrogens is 312 g/mol. The summed E-state index contributed by atoms with van der Waals surface area (Å²) >= 11 is 1.13. The molecule has 1 heterocycles. The number of hydrogen-bond donors (Lipinski definition) is 1. The van der Waals surface area contributed by atoms with Gasteiger partial charge in [-0.1, -0.05) is 44.2 Å². The minimum absolute atomic E-state index is 0.242. The van der Waals surface area contributed by atoms with Crippen molar-refractivity contribution in [1.29, 1.82) is 0 Å². The van der Waals surface area contributed by atoms with Gasteiger partial charge >= 0.3 is 5.97 Å². The number of hydrogen-bond acceptors (Lipinski definition) is 5. The molecule has 1 N–H and O–H groups in total. The molecule has 1 aromatic carbocycles. The van der Waals surface area contributed by atoms with Gasteiger partial charge in [-0.15, -0.1) is 0 Å². The SMILES string of the molecule is CCc1nc(NC(=O)c2ccc(C(C)C)cc2)sc1C(=O)OC. The van der Waals surface area contributed by atoms with Crippen LogP contribution in [0.15, 0.2) is 24.3 Å². The fraction of sp³-hybridized carbons (Fsp3) is 0.353. The molecule has 0 bridgehead atoms. The van der Waals surface area contributed by atoms with Crippen LogP contribution in [-0.4, -0.2) is 24.0 Å². The van der Waals surface area contributed by atoms with E-state index in [9.17, 15) is 9.59 Å². The molecule has 0 radical (unpaired) electrons. The van der Waals surface area contributed by atoms with E-state index < -0.39 is 5.97 Å². The summed E-state index contributed by atoms with van der Waals surface area (Å²) in [5.74, 6) is -0.255. The summed E-state index contributed by atoms with van der Waals surface area (Å²) in [5.41, 5.74) is 2.37. The van der Waals surface area contributed by atoms with Crippen LogP contribution in [0.25, 0.3) is 0 Å². The van der Waals surface area contributed by atoms with Crippen molar-refractivity contribution in [1.82, 2.24) is 4.98 Å². The van der Waals surface area contributed by atoms with E-state index in [2.05, 4.69) is 24.1 Å². The molecule has 0 atom stereocenters. The summed E-state index contributed by atoms with van der Waals surface area (Å²) in [7, 11) is 1.33. The fourth-order valence-corrected chi connectivity index (χ4v) is 3.05. The van der Waals surface area contributed by atoms with E-state index in [4.69, 9.17) is 4.74 Å². The normalized spacial score (nSPS) is 10.7. The van der Waals surface area contributed by atoms with Crippen molar-refractivity contribution in [3.05, 3.63) is 46.0 Å². The summed E-state index contributed by atoms with van der Waals surface area (Å²) in [6, 6.07) is 7.47. The van der Waals surface area contributed by atoms with E-state index in [1.165, 1.54) is 12.7 Å². The van der Waals surface area contributed by atoms with Gasteiger partial charge in [-0.3, -0.25) is 10.1 Å². The molecule has 0 aliphatic heterocycles. The number of nitrogens with one attached hydrogen (secondary N) is 1. The van der Waals surface area contributed by atoms with E-state index in [-0.39, 0.29) is 5.91 Å². The molecule has 2 aromatic rings. The maximum atomic E-state index is 12.3. The number of aryl methyl sites for hydroxylation is 1. The Morgan fingerprint density at radius 3 is 2.43 bits per heavy atom. The lowest BCUT2D eigenvalue weighted by molar-refractivity contribution is 0.0604. The number of esters is 1. The minimum atomic E-state index is -0.430. The zero-order chi connectivity index (χ0) is 17.0. The quantitative estimate of drug-likeness (QED) is 0.844. The van der Waals surface area contributed by atoms with Gasteiger partial charge in [0.05, 0.1) is 12.8 Å². The highest BCUT2D eigenvalue weighted by atomic mass is 32.1. The summed E-state index contributed by atoms with van der Waals surface area (Å²) in [4.78, 5) is 28.7. The van der Waals surface area contributed by atoms with Crippen LogP contribution in [-0.2, 0) is 11.2 Å². The fourth-order valence-electron chi connectivity index (χ4n) is 2.09. The maximum Gasteiger partial charge on any atom is 0.350 e. The first-order valence-electron chi connectivity index (χ1n) is 7.45. The summed E-state index contributed by atoms with van der Waals surface area (Å²) in [6.07, 6.45) is 0.597. The molecular formula is C17H20N2O3S. The Kier molecular flexibility index (Phi) is 5.50. The Balaban J connectivity index is 2.16. The predicted octanol–water partition coefficient (Wildman–Crippen LogP) is 3.87. The van der Waals surface area contributed by atoms with Crippen molar-refractivity contribution in [3.8, 4) is 0 Å². The van der Waals surface area contributed by atoms with Gasteiger partial charge < -0.3 is 4.74 Å². The lowest BCUT2D eigenvalue weighted by Gasteiger charge is -2.06. The molecule has 0 saturated carbocycles. The third kappa shape index (κ3) is 3.96. The van der Waals surface area contributed by atoms with Gasteiger partial charge in [0.25, 0.3) is 5.91 Å². The van der Waals surface area contributed by atoms with Gasteiger partial charge in [0.2, 0.25) is 0 Å². The first-order valence-corrected chi connectivity index (χ1v) is 8.27. The Labute approximate surface area is 139 Å². The number of methoxy groups -OCH3 is 1. The van der Waals surface area contributed by atoms with Crippen LogP contribution in [0.4, 0.5) is 5.13 Å². The van der Waals surface area contributed by atoms with Crippen molar-refractivity contribution in [2.24, 2.45) is 0 Å². The van der Waals surface area contributed by atoms with Gasteiger partial charge in [-0.05, 0) is 30.0 Å². The molecule has 2 rings (SSSR count). The van der Waals surface area contributed by atoms with Crippen molar-refractivity contribution < 1.29 is 14.3 Å². The summed E-state index contributed by atoms with van der Waals surface area (Å²) in [6.45, 7) is 6.11. The van der Waals surface area contributed by atoms with Crippen LogP contribution in [0.5, 0.6) is 0 Å². The van der Waals surface area contributed by atoms with Crippen LogP contribution in [0.2, 0.25) is 0 Å². The third-order valence-electron chi connectivity index (χ3n) is 3.46. The Hall–Kier alpha value is -2.21. The molecule has 0 unspecified atom stereocenters. The third-order valence-corrected chi connectivity index (χ3v) is 4.46. The second kappa shape index (κ2) is 7.37. The highest BCUT2D eigenvalue weighted by Crippen LogP contribution is 2.25. The minimum Gasteiger partial charge on any atom is -0.465 e. The summed E-state index contributed by atoms with van der Waals surface area (Å²) < 4.78 is 4.74. The number of thiazole rings is 1. The molecule has 0 saturated heterocycles. The van der Waals surface area contributed by atoms with Crippen molar-refractivity contribution in [2.45, 2.75) is 33.1 Å². The van der Waals surface area contributed by atoms with E-state index in [0.717, 1.165) is 11.3 Å². The average Bonchev–Trinajstić information content (AvgIpc) is 2.97. The molecule has 122 valence electrons. The monoisotopic (exact) mass is 332 g/mol. The first-order chi connectivity index (χ1) is 11.0. The lowest BCUT2D eigenvalue weighted by Crippen LogP contribution is -2.11. The topological polar surface area (TPSA) is 68.3 Å². The molecule has 0 spiro atoms. The molecule has 23 heavy (non-hydrogen) atoms. The lowest BCUT2D eigenvalue weighted by atomic mass is 10.0. The van der Waals surface area contributed by atoms with Crippen molar-refractivity contribution in [2.75, 3.05) is 12.4 Å². The van der Waals surface area contributed by atoms with Crippen molar-refractivity contribution in [3.63, 3.8) is 0 Å². The molecule has 5 nitrogen and oxygen atoms in total. The maximum absolute atomic E-state index is 12.3. The zero-order valence-electron chi connectivity index (χ0n) is 13.7. The van der Waals surface area contributed by atoms with E-state index in [1.54, 1.807) is 12.1 Å². The Bertz CT molecular complexity index is 705. The van der Waals surface area contributed by atoms with Crippen LogP contribution in [0, 0.1) is 0 Å². The number of amides is 1. The average molecular weight is 332 g/mol. The van der Waals surface area contributed by atoms with Crippen LogP contribution < -0.4 is 5.32 Å². The molecule has 0 fully saturated rings. The standard InChI is InChI=1S/C17H20N2O3S/c1-5-13-14(16(21)22-4)23-17(18-13)19-15(20)12-8-6-11(7-9-12)10(2)3/h6-10H,5H2,1-4H3,(H,18,19,20). The highest BCUT2D eigenvalue weighted by Gasteiger charge is 2.19. The van der Waals surface area contributed by atoms with Crippen LogP contribution >= 0.6 is 11.3 Å². The van der Waals surface area contributed by atoms with Gasteiger partial charge in [-0.25, -0.2) is 9.78 Å². The molecule has 0 aliphatic carbocycles. The van der Waals surface area contributed by atoms with E-state index in [0.29, 0.717) is 33.6 Å². The van der Waals surface area contributed by atoms with Gasteiger partial charge in [0, 0.05) is 5.56 Å². The molecule has 1 aromatic heterocycles. The predicted molar refractivity (Wildman–Crippen MR) is 91.3 cm³/mol. The second-order valence-corrected chi connectivity index (χ2v) is 6.37. The molecule has 6 heteroatoms.